The number of nitrogens with zero attached hydrogens (tertiary/aromatic N) is 3. The number of benzene rings is 3. The van der Waals surface area contributed by atoms with E-state index in [1.165, 1.54) is 22.2 Å². The molecule has 4 rings (SSSR count). The predicted octanol–water partition coefficient (Wildman–Crippen LogP) is 6.00. The van der Waals surface area contributed by atoms with Gasteiger partial charge in [0, 0.05) is 16.3 Å². The minimum absolute atomic E-state index is 0.104. The van der Waals surface area contributed by atoms with Crippen LogP contribution in [0.1, 0.15) is 18.3 Å². The van der Waals surface area contributed by atoms with Gasteiger partial charge in [-0.3, -0.25) is 9.36 Å². The standard InChI is InChI=1S/C26H26N4O2S2/c1-3-32-22-13-11-20(12-14-22)27-25(31)18-34-26-29-28-24(30(26)21-7-5-4-6-8-21)17-33-23-15-9-19(2)10-16-23/h4-16H,3,17-18H2,1-2H3,(H,27,31). The van der Waals surface area contributed by atoms with Gasteiger partial charge in [0.15, 0.2) is 5.16 Å². The van der Waals surface area contributed by atoms with E-state index in [1.807, 2.05) is 66.1 Å². The van der Waals surface area contributed by atoms with Crippen molar-refractivity contribution in [1.29, 1.82) is 0 Å². The number of amides is 1. The van der Waals surface area contributed by atoms with Gasteiger partial charge >= 0.3 is 0 Å². The molecule has 0 saturated heterocycles. The molecule has 0 aliphatic heterocycles. The number of carbonyl (C=O) groups excluding carboxylic acids is 1. The topological polar surface area (TPSA) is 69.0 Å². The van der Waals surface area contributed by atoms with E-state index in [1.54, 1.807) is 11.8 Å². The molecule has 1 aromatic heterocycles. The first-order valence-electron chi connectivity index (χ1n) is 11.0. The zero-order chi connectivity index (χ0) is 23.8. The maximum Gasteiger partial charge on any atom is 0.234 e. The molecule has 0 aliphatic rings. The van der Waals surface area contributed by atoms with E-state index in [2.05, 4.69) is 46.7 Å². The van der Waals surface area contributed by atoms with Crippen LogP contribution in [0.2, 0.25) is 0 Å². The summed E-state index contributed by atoms with van der Waals surface area (Å²) < 4.78 is 7.47. The Morgan fingerprint density at radius 1 is 0.941 bits per heavy atom. The molecule has 3 aromatic carbocycles. The maximum absolute atomic E-state index is 12.6. The van der Waals surface area contributed by atoms with Crippen molar-refractivity contribution in [3.05, 3.63) is 90.3 Å². The van der Waals surface area contributed by atoms with Crippen LogP contribution in [-0.2, 0) is 10.5 Å². The lowest BCUT2D eigenvalue weighted by Crippen LogP contribution is -2.14. The second kappa shape index (κ2) is 11.8. The molecule has 0 bridgehead atoms. The van der Waals surface area contributed by atoms with Gasteiger partial charge in [0.05, 0.1) is 18.1 Å². The number of anilines is 1. The molecule has 0 unspecified atom stereocenters. The number of rotatable bonds is 10. The van der Waals surface area contributed by atoms with Crippen molar-refractivity contribution in [2.75, 3.05) is 17.7 Å². The summed E-state index contributed by atoms with van der Waals surface area (Å²) >= 11 is 3.08. The Labute approximate surface area is 208 Å². The van der Waals surface area contributed by atoms with Crippen molar-refractivity contribution in [2.24, 2.45) is 0 Å². The fourth-order valence-corrected chi connectivity index (χ4v) is 4.82. The zero-order valence-corrected chi connectivity index (χ0v) is 20.7. The molecular formula is C26H26N4O2S2. The number of ether oxygens (including phenoxy) is 1. The average Bonchev–Trinajstić information content (AvgIpc) is 3.27. The fourth-order valence-electron chi connectivity index (χ4n) is 3.23. The first kappa shape index (κ1) is 23.9. The number of para-hydroxylation sites is 1. The van der Waals surface area contributed by atoms with E-state index in [-0.39, 0.29) is 11.7 Å². The third-order valence-electron chi connectivity index (χ3n) is 4.89. The van der Waals surface area contributed by atoms with Gasteiger partial charge in [-0.1, -0.05) is 47.7 Å². The van der Waals surface area contributed by atoms with Gasteiger partial charge in [-0.25, -0.2) is 0 Å². The Balaban J connectivity index is 1.44. The molecule has 0 fully saturated rings. The molecule has 8 heteroatoms. The quantitative estimate of drug-likeness (QED) is 0.275. The van der Waals surface area contributed by atoms with Crippen molar-refractivity contribution in [1.82, 2.24) is 14.8 Å². The van der Waals surface area contributed by atoms with Crippen LogP contribution >= 0.6 is 23.5 Å². The number of aryl methyl sites for hydroxylation is 1. The van der Waals surface area contributed by atoms with Gasteiger partial charge in [-0.05, 0) is 62.4 Å². The molecule has 174 valence electrons. The van der Waals surface area contributed by atoms with Crippen LogP contribution in [-0.4, -0.2) is 33.0 Å². The van der Waals surface area contributed by atoms with Gasteiger partial charge in [0.2, 0.25) is 5.91 Å². The summed E-state index contributed by atoms with van der Waals surface area (Å²) in [4.78, 5) is 13.7. The normalized spacial score (nSPS) is 10.8. The Morgan fingerprint density at radius 2 is 1.68 bits per heavy atom. The van der Waals surface area contributed by atoms with E-state index in [0.29, 0.717) is 17.5 Å². The van der Waals surface area contributed by atoms with Gasteiger partial charge in [0.1, 0.15) is 11.6 Å². The minimum atomic E-state index is -0.104. The molecule has 0 spiro atoms. The number of hydrogen-bond acceptors (Lipinski definition) is 6. The number of nitrogens with one attached hydrogen (secondary N) is 1. The van der Waals surface area contributed by atoms with Crippen LogP contribution in [0.5, 0.6) is 5.75 Å². The molecule has 1 N–H and O–H groups in total. The van der Waals surface area contributed by atoms with Crippen molar-refractivity contribution >= 4 is 35.1 Å². The SMILES string of the molecule is CCOc1ccc(NC(=O)CSc2nnc(CSc3ccc(C)cc3)n2-c2ccccc2)cc1. The molecule has 0 radical (unpaired) electrons. The number of carbonyl (C=O) groups is 1. The molecule has 34 heavy (non-hydrogen) atoms. The number of aromatic nitrogens is 3. The molecule has 1 heterocycles. The molecule has 6 nitrogen and oxygen atoms in total. The number of hydrogen-bond donors (Lipinski definition) is 1. The zero-order valence-electron chi connectivity index (χ0n) is 19.1. The van der Waals surface area contributed by atoms with Crippen LogP contribution in [0, 0.1) is 6.92 Å². The fraction of sp³-hybridized carbons (Fsp3) is 0.192. The predicted molar refractivity (Wildman–Crippen MR) is 139 cm³/mol. The van der Waals surface area contributed by atoms with E-state index in [4.69, 9.17) is 4.74 Å². The van der Waals surface area contributed by atoms with E-state index in [0.717, 1.165) is 22.9 Å². The van der Waals surface area contributed by atoms with E-state index < -0.39 is 0 Å². The van der Waals surface area contributed by atoms with E-state index in [9.17, 15) is 4.79 Å². The molecule has 0 atom stereocenters. The highest BCUT2D eigenvalue weighted by atomic mass is 32.2. The summed E-state index contributed by atoms with van der Waals surface area (Å²) in [7, 11) is 0. The Bertz CT molecular complexity index is 1210. The molecule has 1 amide bonds. The second-order valence-corrected chi connectivity index (χ2v) is 9.46. The van der Waals surface area contributed by atoms with Crippen LogP contribution in [0.25, 0.3) is 5.69 Å². The first-order chi connectivity index (χ1) is 16.6. The van der Waals surface area contributed by atoms with Crippen LogP contribution in [0.4, 0.5) is 5.69 Å². The molecule has 0 saturated carbocycles. The largest absolute Gasteiger partial charge is 0.494 e. The lowest BCUT2D eigenvalue weighted by molar-refractivity contribution is -0.113. The summed E-state index contributed by atoms with van der Waals surface area (Å²) in [5, 5.41) is 12.4. The van der Waals surface area contributed by atoms with Crippen LogP contribution in [0.3, 0.4) is 0 Å². The number of thioether (sulfide) groups is 2. The van der Waals surface area contributed by atoms with E-state index >= 15 is 0 Å². The summed E-state index contributed by atoms with van der Waals surface area (Å²) in [6.07, 6.45) is 0. The lowest BCUT2D eigenvalue weighted by Gasteiger charge is -2.10. The summed E-state index contributed by atoms with van der Waals surface area (Å²) in [5.41, 5.74) is 2.94. The van der Waals surface area contributed by atoms with Crippen molar-refractivity contribution in [3.63, 3.8) is 0 Å². The Hall–Kier alpha value is -3.23. The molecule has 0 aliphatic carbocycles. The molecular weight excluding hydrogens is 464 g/mol. The third kappa shape index (κ3) is 6.42. The van der Waals surface area contributed by atoms with Crippen LogP contribution < -0.4 is 10.1 Å². The van der Waals surface area contributed by atoms with Crippen molar-refractivity contribution in [2.45, 2.75) is 29.7 Å². The second-order valence-electron chi connectivity index (χ2n) is 7.47. The van der Waals surface area contributed by atoms with Crippen LogP contribution in [0.15, 0.2) is 88.9 Å². The van der Waals surface area contributed by atoms with Gasteiger partial charge in [-0.15, -0.1) is 22.0 Å². The van der Waals surface area contributed by atoms with Crippen molar-refractivity contribution in [3.8, 4) is 11.4 Å². The third-order valence-corrected chi connectivity index (χ3v) is 6.82. The lowest BCUT2D eigenvalue weighted by atomic mass is 10.2. The Morgan fingerprint density at radius 3 is 2.38 bits per heavy atom. The Kier molecular flexibility index (Phi) is 8.27. The van der Waals surface area contributed by atoms with Crippen molar-refractivity contribution < 1.29 is 9.53 Å². The molecule has 4 aromatic rings. The highest BCUT2D eigenvalue weighted by Gasteiger charge is 2.16. The highest BCUT2D eigenvalue weighted by Crippen LogP contribution is 2.27. The minimum Gasteiger partial charge on any atom is -0.494 e. The maximum atomic E-state index is 12.6. The average molecular weight is 491 g/mol. The summed E-state index contributed by atoms with van der Waals surface area (Å²) in [5.74, 6) is 2.41. The van der Waals surface area contributed by atoms with Gasteiger partial charge in [-0.2, -0.15) is 0 Å². The monoisotopic (exact) mass is 490 g/mol. The first-order valence-corrected chi connectivity index (χ1v) is 12.9. The summed E-state index contributed by atoms with van der Waals surface area (Å²) in [6.45, 7) is 4.62. The van der Waals surface area contributed by atoms with Gasteiger partial charge in [0.25, 0.3) is 0 Å². The highest BCUT2D eigenvalue weighted by molar-refractivity contribution is 7.99. The summed E-state index contributed by atoms with van der Waals surface area (Å²) in [6, 6.07) is 25.8. The van der Waals surface area contributed by atoms with Gasteiger partial charge < -0.3 is 10.1 Å². The smallest absolute Gasteiger partial charge is 0.234 e.